The molecule has 2 unspecified atom stereocenters. The molecule has 110 valence electrons. The van der Waals surface area contributed by atoms with E-state index in [2.05, 4.69) is 22.0 Å². The summed E-state index contributed by atoms with van der Waals surface area (Å²) in [6.45, 7) is 0.704. The molecule has 1 N–H and O–H groups in total. The highest BCUT2D eigenvalue weighted by atomic mass is 79.9. The molecule has 2 nitrogen and oxygen atoms in total. The molecule has 2 atom stereocenters. The van der Waals surface area contributed by atoms with Crippen molar-refractivity contribution in [3.8, 4) is 5.75 Å². The molecule has 1 aliphatic rings. The lowest BCUT2D eigenvalue weighted by Crippen LogP contribution is -2.16. The van der Waals surface area contributed by atoms with Crippen LogP contribution in [0.5, 0.6) is 5.75 Å². The summed E-state index contributed by atoms with van der Waals surface area (Å²) in [5, 5.41) is 11.1. The smallest absolute Gasteiger partial charge is 0.122 e. The van der Waals surface area contributed by atoms with Gasteiger partial charge in [0.05, 0.1) is 17.7 Å². The highest BCUT2D eigenvalue weighted by Crippen LogP contribution is 2.39. The second-order valence-electron chi connectivity index (χ2n) is 5.30. The zero-order chi connectivity index (χ0) is 14.8. The summed E-state index contributed by atoms with van der Waals surface area (Å²) < 4.78 is 6.51. The van der Waals surface area contributed by atoms with Crippen LogP contribution in [-0.4, -0.2) is 11.7 Å². The first-order chi connectivity index (χ1) is 10.1. The first-order valence-corrected chi connectivity index (χ1v) is 8.17. The standard InChI is InChI=1S/C17H16BrClO2/c18-14-6-5-12(9-15(14)19)16(20)10-11-7-8-21-17-4-2-1-3-13(11)17/h1-6,9,11,16,20H,7-8,10H2. The summed E-state index contributed by atoms with van der Waals surface area (Å²) in [5.41, 5.74) is 2.04. The number of ether oxygens (including phenoxy) is 1. The number of benzene rings is 2. The summed E-state index contributed by atoms with van der Waals surface area (Å²) >= 11 is 9.47. The van der Waals surface area contributed by atoms with Gasteiger partial charge in [-0.05, 0) is 64.0 Å². The maximum absolute atomic E-state index is 10.5. The first kappa shape index (κ1) is 14.9. The van der Waals surface area contributed by atoms with Crippen LogP contribution in [0.2, 0.25) is 5.02 Å². The van der Waals surface area contributed by atoms with E-state index in [9.17, 15) is 5.11 Å². The molecular formula is C17H16BrClO2. The second-order valence-corrected chi connectivity index (χ2v) is 6.56. The largest absolute Gasteiger partial charge is 0.493 e. The van der Waals surface area contributed by atoms with Gasteiger partial charge in [-0.25, -0.2) is 0 Å². The van der Waals surface area contributed by atoms with Crippen molar-refractivity contribution in [1.82, 2.24) is 0 Å². The number of hydrogen-bond acceptors (Lipinski definition) is 2. The van der Waals surface area contributed by atoms with E-state index >= 15 is 0 Å². The molecule has 3 rings (SSSR count). The molecule has 0 aromatic heterocycles. The van der Waals surface area contributed by atoms with Crippen molar-refractivity contribution in [2.24, 2.45) is 0 Å². The Hall–Kier alpha value is -1.03. The molecule has 1 heterocycles. The third-order valence-corrected chi connectivity index (χ3v) is 5.15. The molecule has 0 spiro atoms. The van der Waals surface area contributed by atoms with E-state index in [4.69, 9.17) is 16.3 Å². The van der Waals surface area contributed by atoms with Gasteiger partial charge in [-0.15, -0.1) is 0 Å². The third kappa shape index (κ3) is 3.25. The monoisotopic (exact) mass is 366 g/mol. The molecule has 4 heteroatoms. The van der Waals surface area contributed by atoms with Gasteiger partial charge in [0.2, 0.25) is 0 Å². The molecule has 0 bridgehead atoms. The Balaban J connectivity index is 1.79. The van der Waals surface area contributed by atoms with Crippen molar-refractivity contribution in [2.75, 3.05) is 6.61 Å². The number of rotatable bonds is 3. The number of aliphatic hydroxyl groups excluding tert-OH is 1. The number of aliphatic hydroxyl groups is 1. The van der Waals surface area contributed by atoms with Crippen LogP contribution in [0.4, 0.5) is 0 Å². The van der Waals surface area contributed by atoms with Gasteiger partial charge >= 0.3 is 0 Å². The summed E-state index contributed by atoms with van der Waals surface area (Å²) in [6, 6.07) is 13.7. The summed E-state index contributed by atoms with van der Waals surface area (Å²) in [7, 11) is 0. The fourth-order valence-corrected chi connectivity index (χ4v) is 3.22. The number of halogens is 2. The second kappa shape index (κ2) is 6.39. The Bertz CT molecular complexity index is 644. The SMILES string of the molecule is OC(CC1CCOc2ccccc21)c1ccc(Br)c(Cl)c1. The predicted octanol–water partition coefficient (Wildman–Crippen LogP) is 5.09. The topological polar surface area (TPSA) is 29.5 Å². The predicted molar refractivity (Wildman–Crippen MR) is 88.0 cm³/mol. The molecule has 0 saturated carbocycles. The van der Waals surface area contributed by atoms with Gasteiger partial charge < -0.3 is 9.84 Å². The fraction of sp³-hybridized carbons (Fsp3) is 0.294. The maximum Gasteiger partial charge on any atom is 0.122 e. The zero-order valence-electron chi connectivity index (χ0n) is 11.4. The van der Waals surface area contributed by atoms with Crippen LogP contribution in [-0.2, 0) is 0 Å². The average Bonchev–Trinajstić information content (AvgIpc) is 2.50. The molecule has 0 aliphatic carbocycles. The van der Waals surface area contributed by atoms with Gasteiger partial charge in [-0.3, -0.25) is 0 Å². The van der Waals surface area contributed by atoms with Crippen LogP contribution >= 0.6 is 27.5 Å². The van der Waals surface area contributed by atoms with Crippen molar-refractivity contribution in [1.29, 1.82) is 0 Å². The Labute approximate surface area is 137 Å². The lowest BCUT2D eigenvalue weighted by molar-refractivity contribution is 0.145. The lowest BCUT2D eigenvalue weighted by atomic mass is 9.86. The van der Waals surface area contributed by atoms with Gasteiger partial charge in [0.1, 0.15) is 5.75 Å². The fourth-order valence-electron chi connectivity index (χ4n) is 2.79. The van der Waals surface area contributed by atoms with Gasteiger partial charge in [-0.1, -0.05) is 35.9 Å². The lowest BCUT2D eigenvalue weighted by Gasteiger charge is -2.27. The van der Waals surface area contributed by atoms with E-state index in [1.165, 1.54) is 5.56 Å². The summed E-state index contributed by atoms with van der Waals surface area (Å²) in [4.78, 5) is 0. The van der Waals surface area contributed by atoms with Crippen LogP contribution in [0.3, 0.4) is 0 Å². The number of para-hydroxylation sites is 1. The van der Waals surface area contributed by atoms with Gasteiger partial charge in [0.25, 0.3) is 0 Å². The molecule has 2 aromatic rings. The zero-order valence-corrected chi connectivity index (χ0v) is 13.8. The van der Waals surface area contributed by atoms with Crippen LogP contribution in [0.25, 0.3) is 0 Å². The Morgan fingerprint density at radius 2 is 2.10 bits per heavy atom. The number of hydrogen-bond donors (Lipinski definition) is 1. The quantitative estimate of drug-likeness (QED) is 0.818. The Morgan fingerprint density at radius 1 is 1.29 bits per heavy atom. The Kier molecular flexibility index (Phi) is 4.53. The maximum atomic E-state index is 10.5. The molecule has 0 amide bonds. The van der Waals surface area contributed by atoms with E-state index < -0.39 is 6.10 Å². The van der Waals surface area contributed by atoms with E-state index in [0.29, 0.717) is 24.0 Å². The molecule has 21 heavy (non-hydrogen) atoms. The van der Waals surface area contributed by atoms with Crippen LogP contribution in [0, 0.1) is 0 Å². The average molecular weight is 368 g/mol. The van der Waals surface area contributed by atoms with Crippen molar-refractivity contribution < 1.29 is 9.84 Å². The first-order valence-electron chi connectivity index (χ1n) is 7.00. The van der Waals surface area contributed by atoms with E-state index in [1.807, 2.05) is 36.4 Å². The van der Waals surface area contributed by atoms with Crippen LogP contribution in [0.1, 0.15) is 36.0 Å². The van der Waals surface area contributed by atoms with Crippen LogP contribution < -0.4 is 4.74 Å². The molecule has 2 aromatic carbocycles. The normalized spacial score (nSPS) is 18.7. The molecule has 0 radical (unpaired) electrons. The minimum atomic E-state index is -0.522. The molecule has 0 fully saturated rings. The summed E-state index contributed by atoms with van der Waals surface area (Å²) in [6.07, 6.45) is 1.09. The molecule has 0 saturated heterocycles. The van der Waals surface area contributed by atoms with Crippen molar-refractivity contribution in [3.05, 3.63) is 63.1 Å². The van der Waals surface area contributed by atoms with Crippen LogP contribution in [0.15, 0.2) is 46.9 Å². The van der Waals surface area contributed by atoms with Gasteiger partial charge in [0.15, 0.2) is 0 Å². The Morgan fingerprint density at radius 3 is 2.90 bits per heavy atom. The van der Waals surface area contributed by atoms with Crippen molar-refractivity contribution in [2.45, 2.75) is 24.9 Å². The number of fused-ring (bicyclic) bond motifs is 1. The van der Waals surface area contributed by atoms with E-state index in [0.717, 1.165) is 22.2 Å². The highest BCUT2D eigenvalue weighted by molar-refractivity contribution is 9.10. The van der Waals surface area contributed by atoms with Crippen molar-refractivity contribution in [3.63, 3.8) is 0 Å². The van der Waals surface area contributed by atoms with Crippen molar-refractivity contribution >= 4 is 27.5 Å². The molecule has 1 aliphatic heterocycles. The highest BCUT2D eigenvalue weighted by Gasteiger charge is 2.24. The molecular weight excluding hydrogens is 352 g/mol. The minimum Gasteiger partial charge on any atom is -0.493 e. The van der Waals surface area contributed by atoms with Gasteiger partial charge in [-0.2, -0.15) is 0 Å². The summed E-state index contributed by atoms with van der Waals surface area (Å²) in [5.74, 6) is 1.25. The van der Waals surface area contributed by atoms with E-state index in [-0.39, 0.29) is 0 Å². The minimum absolute atomic E-state index is 0.312. The van der Waals surface area contributed by atoms with E-state index in [1.54, 1.807) is 0 Å². The third-order valence-electron chi connectivity index (χ3n) is 3.92. The van der Waals surface area contributed by atoms with Gasteiger partial charge in [0, 0.05) is 4.47 Å².